The molecule has 4 nitrogen and oxygen atoms in total. The number of β-amino-alcohol motifs (C(OH)–C–C–N with tert-alkyl or cyclic N) is 1. The summed E-state index contributed by atoms with van der Waals surface area (Å²) in [5, 5.41) is 16.0. The van der Waals surface area contributed by atoms with Crippen LogP contribution >= 0.6 is 0 Å². The van der Waals surface area contributed by atoms with Crippen LogP contribution in [-0.2, 0) is 17.5 Å². The molecule has 0 aromatic heterocycles. The first-order valence-corrected chi connectivity index (χ1v) is 6.87. The average molecular weight is 322 g/mol. The number of halogens is 4. The highest BCUT2D eigenvalue weighted by atomic mass is 19.4. The van der Waals surface area contributed by atoms with Crippen molar-refractivity contribution in [3.63, 3.8) is 0 Å². The first-order chi connectivity index (χ1) is 10.3. The van der Waals surface area contributed by atoms with Crippen LogP contribution in [0, 0.1) is 5.82 Å². The van der Waals surface area contributed by atoms with Crippen LogP contribution in [0.15, 0.2) is 18.2 Å². The van der Waals surface area contributed by atoms with Gasteiger partial charge in [0.15, 0.2) is 0 Å². The number of nitrogens with one attached hydrogen (secondary N) is 2. The van der Waals surface area contributed by atoms with E-state index in [1.54, 1.807) is 0 Å². The summed E-state index contributed by atoms with van der Waals surface area (Å²) in [4.78, 5) is 0. The molecule has 0 saturated carbocycles. The molecule has 0 aliphatic carbocycles. The molecule has 0 spiro atoms. The van der Waals surface area contributed by atoms with Crippen molar-refractivity contribution >= 4 is 0 Å². The van der Waals surface area contributed by atoms with E-state index < -0.39 is 23.2 Å². The molecule has 22 heavy (non-hydrogen) atoms. The third-order valence-corrected chi connectivity index (χ3v) is 3.39. The van der Waals surface area contributed by atoms with Crippen molar-refractivity contribution in [1.29, 1.82) is 0 Å². The van der Waals surface area contributed by atoms with Gasteiger partial charge in [-0.3, -0.25) is 0 Å². The van der Waals surface area contributed by atoms with Gasteiger partial charge in [0.2, 0.25) is 0 Å². The summed E-state index contributed by atoms with van der Waals surface area (Å²) < 4.78 is 56.6. The zero-order valence-electron chi connectivity index (χ0n) is 11.8. The van der Waals surface area contributed by atoms with Gasteiger partial charge in [-0.15, -0.1) is 0 Å². The van der Waals surface area contributed by atoms with E-state index in [0.717, 1.165) is 12.1 Å². The summed E-state index contributed by atoms with van der Waals surface area (Å²) in [6, 6.07) is 2.27. The van der Waals surface area contributed by atoms with Crippen molar-refractivity contribution in [2.75, 3.05) is 32.8 Å². The Morgan fingerprint density at radius 3 is 2.86 bits per heavy atom. The Morgan fingerprint density at radius 2 is 2.14 bits per heavy atom. The molecule has 3 N–H and O–H groups in total. The summed E-state index contributed by atoms with van der Waals surface area (Å²) in [5.41, 5.74) is -2.17. The van der Waals surface area contributed by atoms with Crippen molar-refractivity contribution in [2.24, 2.45) is 0 Å². The quantitative estimate of drug-likeness (QED) is 0.731. The maximum Gasteiger partial charge on any atom is 0.416 e. The Hall–Kier alpha value is -1.22. The zero-order valence-corrected chi connectivity index (χ0v) is 11.8. The Bertz CT molecular complexity index is 500. The second-order valence-electron chi connectivity index (χ2n) is 5.36. The Kier molecular flexibility index (Phi) is 5.38. The molecule has 1 fully saturated rings. The van der Waals surface area contributed by atoms with Crippen LogP contribution in [-0.4, -0.2) is 43.6 Å². The molecule has 2 rings (SSSR count). The normalized spacial score (nSPS) is 23.3. The highest BCUT2D eigenvalue weighted by Crippen LogP contribution is 2.30. The lowest BCUT2D eigenvalue weighted by molar-refractivity contribution is -0.137. The molecule has 0 bridgehead atoms. The van der Waals surface area contributed by atoms with Gasteiger partial charge in [-0.2, -0.15) is 13.2 Å². The monoisotopic (exact) mass is 322 g/mol. The first kappa shape index (κ1) is 17.1. The van der Waals surface area contributed by atoms with E-state index in [-0.39, 0.29) is 25.3 Å². The van der Waals surface area contributed by atoms with Gasteiger partial charge in [0.05, 0.1) is 18.8 Å². The van der Waals surface area contributed by atoms with Gasteiger partial charge >= 0.3 is 6.18 Å². The van der Waals surface area contributed by atoms with Crippen molar-refractivity contribution in [3.8, 4) is 0 Å². The molecular weight excluding hydrogens is 304 g/mol. The standard InChI is InChI=1S/C14H18F4N2O2/c15-12-2-1-11(14(16,17)18)5-10(12)6-20-8-13(21)7-19-3-4-22-9-13/h1-2,5,19-21H,3-4,6-9H2. The molecule has 124 valence electrons. The highest BCUT2D eigenvalue weighted by molar-refractivity contribution is 5.27. The minimum Gasteiger partial charge on any atom is -0.385 e. The second kappa shape index (κ2) is 6.91. The lowest BCUT2D eigenvalue weighted by atomic mass is 10.1. The number of benzene rings is 1. The molecule has 1 saturated heterocycles. The van der Waals surface area contributed by atoms with E-state index in [1.807, 2.05) is 0 Å². The minimum atomic E-state index is -4.51. The fourth-order valence-corrected chi connectivity index (χ4v) is 2.21. The molecule has 1 aromatic carbocycles. The maximum atomic E-state index is 13.6. The van der Waals surface area contributed by atoms with E-state index in [0.29, 0.717) is 25.8 Å². The van der Waals surface area contributed by atoms with Gasteiger partial charge in [0.25, 0.3) is 0 Å². The predicted molar refractivity (Wildman–Crippen MR) is 71.7 cm³/mol. The molecule has 0 radical (unpaired) electrons. The average Bonchev–Trinajstić information content (AvgIpc) is 2.65. The fraction of sp³-hybridized carbons (Fsp3) is 0.571. The summed E-state index contributed by atoms with van der Waals surface area (Å²) in [5.74, 6) is -0.720. The SMILES string of the molecule is OC1(CNCc2cc(C(F)(F)F)ccc2F)CNCCOC1. The number of rotatable bonds is 4. The number of alkyl halides is 3. The van der Waals surface area contributed by atoms with E-state index in [1.165, 1.54) is 0 Å². The van der Waals surface area contributed by atoms with E-state index in [2.05, 4.69) is 10.6 Å². The summed E-state index contributed by atoms with van der Waals surface area (Å²) in [6.07, 6.45) is -4.51. The lowest BCUT2D eigenvalue weighted by Crippen LogP contribution is -2.50. The molecule has 1 atom stereocenters. The molecule has 8 heteroatoms. The van der Waals surface area contributed by atoms with Gasteiger partial charge in [-0.25, -0.2) is 4.39 Å². The van der Waals surface area contributed by atoms with E-state index >= 15 is 0 Å². The smallest absolute Gasteiger partial charge is 0.385 e. The summed E-state index contributed by atoms with van der Waals surface area (Å²) >= 11 is 0. The molecule has 1 unspecified atom stereocenters. The second-order valence-corrected chi connectivity index (χ2v) is 5.36. The van der Waals surface area contributed by atoms with Crippen LogP contribution in [0.3, 0.4) is 0 Å². The van der Waals surface area contributed by atoms with Crippen LogP contribution in [0.4, 0.5) is 17.6 Å². The van der Waals surface area contributed by atoms with Crippen LogP contribution in [0.5, 0.6) is 0 Å². The topological polar surface area (TPSA) is 53.5 Å². The summed E-state index contributed by atoms with van der Waals surface area (Å²) in [6.45, 7) is 1.46. The molecule has 1 heterocycles. The number of ether oxygens (including phenoxy) is 1. The third kappa shape index (κ3) is 4.64. The Labute approximate surface area is 125 Å². The van der Waals surface area contributed by atoms with Crippen LogP contribution < -0.4 is 10.6 Å². The molecule has 1 aliphatic rings. The predicted octanol–water partition coefficient (Wildman–Crippen LogP) is 1.28. The van der Waals surface area contributed by atoms with Gasteiger partial charge in [-0.1, -0.05) is 0 Å². The molecule has 1 aliphatic heterocycles. The largest absolute Gasteiger partial charge is 0.416 e. The van der Waals surface area contributed by atoms with Crippen molar-refractivity contribution < 1.29 is 27.4 Å². The van der Waals surface area contributed by atoms with Crippen LogP contribution in [0.2, 0.25) is 0 Å². The minimum absolute atomic E-state index is 0.0791. The summed E-state index contributed by atoms with van der Waals surface area (Å²) in [7, 11) is 0. The van der Waals surface area contributed by atoms with Crippen molar-refractivity contribution in [2.45, 2.75) is 18.3 Å². The number of aliphatic hydroxyl groups is 1. The molecule has 1 aromatic rings. The first-order valence-electron chi connectivity index (χ1n) is 6.87. The molecular formula is C14H18F4N2O2. The van der Waals surface area contributed by atoms with Crippen LogP contribution in [0.25, 0.3) is 0 Å². The van der Waals surface area contributed by atoms with E-state index in [4.69, 9.17) is 4.74 Å². The lowest BCUT2D eigenvalue weighted by Gasteiger charge is -2.26. The van der Waals surface area contributed by atoms with Crippen molar-refractivity contribution in [3.05, 3.63) is 35.1 Å². The Morgan fingerprint density at radius 1 is 1.36 bits per heavy atom. The maximum absolute atomic E-state index is 13.6. The molecule has 0 amide bonds. The Balaban J connectivity index is 1.96. The van der Waals surface area contributed by atoms with Gasteiger partial charge in [-0.05, 0) is 18.2 Å². The van der Waals surface area contributed by atoms with Crippen molar-refractivity contribution in [1.82, 2.24) is 10.6 Å². The highest BCUT2D eigenvalue weighted by Gasteiger charge is 2.31. The van der Waals surface area contributed by atoms with Gasteiger partial charge < -0.3 is 20.5 Å². The van der Waals surface area contributed by atoms with Gasteiger partial charge in [0.1, 0.15) is 11.4 Å². The van der Waals surface area contributed by atoms with E-state index in [9.17, 15) is 22.7 Å². The number of hydrogen-bond donors (Lipinski definition) is 3. The third-order valence-electron chi connectivity index (χ3n) is 3.39. The van der Waals surface area contributed by atoms with Gasteiger partial charge in [0, 0.05) is 31.7 Å². The zero-order chi connectivity index (χ0) is 16.2. The fourth-order valence-electron chi connectivity index (χ4n) is 2.21. The van der Waals surface area contributed by atoms with Crippen LogP contribution in [0.1, 0.15) is 11.1 Å². The number of hydrogen-bond acceptors (Lipinski definition) is 4.